The molecule has 1 aliphatic heterocycles. The highest BCUT2D eigenvalue weighted by molar-refractivity contribution is 5.39. The zero-order valence-corrected chi connectivity index (χ0v) is 11.7. The molecule has 1 aromatic carbocycles. The van der Waals surface area contributed by atoms with Gasteiger partial charge in [0, 0.05) is 12.5 Å². The van der Waals surface area contributed by atoms with E-state index in [1.807, 2.05) is 0 Å². The lowest BCUT2D eigenvalue weighted by Gasteiger charge is -2.16. The van der Waals surface area contributed by atoms with Crippen molar-refractivity contribution in [3.63, 3.8) is 0 Å². The highest BCUT2D eigenvalue weighted by Crippen LogP contribution is 2.29. The van der Waals surface area contributed by atoms with Crippen molar-refractivity contribution in [1.29, 1.82) is 0 Å². The Bertz CT molecular complexity index is 423. The van der Waals surface area contributed by atoms with E-state index >= 15 is 0 Å². The van der Waals surface area contributed by atoms with Gasteiger partial charge in [0.1, 0.15) is 5.75 Å². The van der Waals surface area contributed by atoms with E-state index in [2.05, 4.69) is 18.2 Å². The van der Waals surface area contributed by atoms with Gasteiger partial charge in [-0.3, -0.25) is 0 Å². The van der Waals surface area contributed by atoms with E-state index in [4.69, 9.17) is 10.5 Å². The van der Waals surface area contributed by atoms with E-state index in [9.17, 15) is 0 Å². The number of hydrogen-bond acceptors (Lipinski definition) is 2. The second-order valence-corrected chi connectivity index (χ2v) is 6.23. The lowest BCUT2D eigenvalue weighted by molar-refractivity contribution is 0.357. The molecule has 2 N–H and O–H groups in total. The first kappa shape index (κ1) is 13.0. The van der Waals surface area contributed by atoms with Crippen LogP contribution in [0.3, 0.4) is 0 Å². The molecule has 19 heavy (non-hydrogen) atoms. The zero-order valence-electron chi connectivity index (χ0n) is 11.7. The third-order valence-electron chi connectivity index (χ3n) is 4.67. The fraction of sp³-hybridized carbons (Fsp3) is 0.647. The molecule has 0 bridgehead atoms. The lowest BCUT2D eigenvalue weighted by Crippen LogP contribution is -2.23. The lowest BCUT2D eigenvalue weighted by atomic mass is 9.94. The molecule has 3 rings (SSSR count). The van der Waals surface area contributed by atoms with Crippen molar-refractivity contribution in [1.82, 2.24) is 0 Å². The summed E-state index contributed by atoms with van der Waals surface area (Å²) in [5.74, 6) is 1.99. The predicted octanol–water partition coefficient (Wildman–Crippen LogP) is 3.46. The average Bonchev–Trinajstić information content (AvgIpc) is 3.06. The minimum atomic E-state index is 0.382. The van der Waals surface area contributed by atoms with Gasteiger partial charge in [-0.1, -0.05) is 37.8 Å². The maximum Gasteiger partial charge on any atom is 0.122 e. The number of benzene rings is 1. The zero-order chi connectivity index (χ0) is 13.1. The molecule has 0 amide bonds. The Balaban J connectivity index is 1.48. The van der Waals surface area contributed by atoms with Gasteiger partial charge in [0.05, 0.1) is 6.61 Å². The molecule has 0 saturated heterocycles. The summed E-state index contributed by atoms with van der Waals surface area (Å²) in [4.78, 5) is 0. The monoisotopic (exact) mass is 259 g/mol. The van der Waals surface area contributed by atoms with Crippen LogP contribution in [0.5, 0.6) is 5.75 Å². The standard InChI is InChI=1S/C17H25NO/c18-16(12-13-3-1-2-4-13)7-5-14-6-8-17-15(11-14)9-10-19-17/h6,8,11,13,16H,1-5,7,9-10,12,18H2. The maximum absolute atomic E-state index is 6.29. The molecule has 1 aromatic rings. The fourth-order valence-corrected chi connectivity index (χ4v) is 3.54. The van der Waals surface area contributed by atoms with Crippen molar-refractivity contribution in [2.75, 3.05) is 6.61 Å². The number of ether oxygens (including phenoxy) is 1. The van der Waals surface area contributed by atoms with Crippen LogP contribution in [-0.2, 0) is 12.8 Å². The molecule has 0 radical (unpaired) electrons. The SMILES string of the molecule is NC(CCc1ccc2c(c1)CCO2)CC1CCCC1. The van der Waals surface area contributed by atoms with Crippen molar-refractivity contribution in [2.45, 2.75) is 57.4 Å². The van der Waals surface area contributed by atoms with E-state index in [1.54, 1.807) is 0 Å². The van der Waals surface area contributed by atoms with Gasteiger partial charge in [0.25, 0.3) is 0 Å². The van der Waals surface area contributed by atoms with Gasteiger partial charge < -0.3 is 10.5 Å². The van der Waals surface area contributed by atoms with Gasteiger partial charge in [-0.25, -0.2) is 0 Å². The van der Waals surface area contributed by atoms with E-state index in [0.29, 0.717) is 6.04 Å². The van der Waals surface area contributed by atoms with Gasteiger partial charge in [0.15, 0.2) is 0 Å². The number of rotatable bonds is 5. The molecule has 1 saturated carbocycles. The first-order chi connectivity index (χ1) is 9.31. The molecule has 2 heteroatoms. The smallest absolute Gasteiger partial charge is 0.122 e. The van der Waals surface area contributed by atoms with Crippen molar-refractivity contribution in [3.8, 4) is 5.75 Å². The molecule has 1 heterocycles. The van der Waals surface area contributed by atoms with Crippen LogP contribution in [0, 0.1) is 5.92 Å². The van der Waals surface area contributed by atoms with E-state index in [1.165, 1.54) is 43.2 Å². The number of hydrogen-bond donors (Lipinski definition) is 1. The summed E-state index contributed by atoms with van der Waals surface area (Å²) in [5, 5.41) is 0. The first-order valence-electron chi connectivity index (χ1n) is 7.81. The summed E-state index contributed by atoms with van der Waals surface area (Å²) in [5.41, 5.74) is 9.09. The van der Waals surface area contributed by atoms with Crippen LogP contribution in [0.2, 0.25) is 0 Å². The minimum Gasteiger partial charge on any atom is -0.493 e. The minimum absolute atomic E-state index is 0.382. The molecule has 1 atom stereocenters. The van der Waals surface area contributed by atoms with Crippen molar-refractivity contribution in [3.05, 3.63) is 29.3 Å². The second-order valence-electron chi connectivity index (χ2n) is 6.23. The maximum atomic E-state index is 6.29. The van der Waals surface area contributed by atoms with Crippen molar-refractivity contribution >= 4 is 0 Å². The second kappa shape index (κ2) is 5.96. The number of fused-ring (bicyclic) bond motifs is 1. The largest absolute Gasteiger partial charge is 0.493 e. The summed E-state index contributed by atoms with van der Waals surface area (Å²) in [6.07, 6.45) is 10.2. The predicted molar refractivity (Wildman–Crippen MR) is 78.5 cm³/mol. The van der Waals surface area contributed by atoms with Gasteiger partial charge in [-0.05, 0) is 42.4 Å². The highest BCUT2D eigenvalue weighted by atomic mass is 16.5. The molecule has 1 fully saturated rings. The summed E-state index contributed by atoms with van der Waals surface area (Å²) >= 11 is 0. The molecule has 104 valence electrons. The first-order valence-corrected chi connectivity index (χ1v) is 7.81. The number of nitrogens with two attached hydrogens (primary N) is 1. The van der Waals surface area contributed by atoms with Gasteiger partial charge in [0.2, 0.25) is 0 Å². The molecular formula is C17H25NO. The summed E-state index contributed by atoms with van der Waals surface area (Å²) in [6, 6.07) is 7.02. The summed E-state index contributed by atoms with van der Waals surface area (Å²) < 4.78 is 5.54. The molecule has 0 spiro atoms. The van der Waals surface area contributed by atoms with Crippen LogP contribution in [0.15, 0.2) is 18.2 Å². The Morgan fingerprint density at radius 1 is 1.26 bits per heavy atom. The van der Waals surface area contributed by atoms with Gasteiger partial charge >= 0.3 is 0 Å². The van der Waals surface area contributed by atoms with Gasteiger partial charge in [-0.2, -0.15) is 0 Å². The van der Waals surface area contributed by atoms with Gasteiger partial charge in [-0.15, -0.1) is 0 Å². The van der Waals surface area contributed by atoms with Crippen LogP contribution in [0.25, 0.3) is 0 Å². The van der Waals surface area contributed by atoms with Crippen molar-refractivity contribution in [2.24, 2.45) is 11.7 Å². The Morgan fingerprint density at radius 2 is 2.11 bits per heavy atom. The average molecular weight is 259 g/mol. The molecule has 1 aliphatic carbocycles. The Labute approximate surface area is 116 Å². The van der Waals surface area contributed by atoms with Crippen LogP contribution < -0.4 is 10.5 Å². The Morgan fingerprint density at radius 3 is 2.95 bits per heavy atom. The highest BCUT2D eigenvalue weighted by Gasteiger charge is 2.18. The topological polar surface area (TPSA) is 35.2 Å². The summed E-state index contributed by atoms with van der Waals surface area (Å²) in [7, 11) is 0. The molecular weight excluding hydrogens is 234 g/mol. The fourth-order valence-electron chi connectivity index (χ4n) is 3.54. The van der Waals surface area contributed by atoms with Crippen LogP contribution >= 0.6 is 0 Å². The van der Waals surface area contributed by atoms with E-state index in [0.717, 1.165) is 37.5 Å². The molecule has 0 aromatic heterocycles. The van der Waals surface area contributed by atoms with Crippen LogP contribution in [0.4, 0.5) is 0 Å². The third kappa shape index (κ3) is 3.30. The third-order valence-corrected chi connectivity index (χ3v) is 4.67. The number of aryl methyl sites for hydroxylation is 1. The van der Waals surface area contributed by atoms with Crippen LogP contribution in [0.1, 0.15) is 49.7 Å². The quantitative estimate of drug-likeness (QED) is 0.879. The van der Waals surface area contributed by atoms with Crippen LogP contribution in [-0.4, -0.2) is 12.6 Å². The Hall–Kier alpha value is -1.02. The Kier molecular flexibility index (Phi) is 4.07. The van der Waals surface area contributed by atoms with E-state index in [-0.39, 0.29) is 0 Å². The molecule has 2 nitrogen and oxygen atoms in total. The van der Waals surface area contributed by atoms with Crippen molar-refractivity contribution < 1.29 is 4.74 Å². The normalized spacial score (nSPS) is 20.3. The molecule has 2 aliphatic rings. The van der Waals surface area contributed by atoms with E-state index < -0.39 is 0 Å². The summed E-state index contributed by atoms with van der Waals surface area (Å²) in [6.45, 7) is 0.847. The molecule has 1 unspecified atom stereocenters.